The van der Waals surface area contributed by atoms with E-state index in [-0.39, 0.29) is 18.0 Å². The van der Waals surface area contributed by atoms with E-state index in [1.165, 1.54) is 0 Å². The molecule has 1 N–H and O–H groups in total. The van der Waals surface area contributed by atoms with Crippen molar-refractivity contribution >= 4 is 19.9 Å². The van der Waals surface area contributed by atoms with E-state index < -0.39 is 36.6 Å². The second kappa shape index (κ2) is 5.64. The van der Waals surface area contributed by atoms with Crippen molar-refractivity contribution in [1.29, 1.82) is 0 Å². The molecule has 0 spiro atoms. The molecule has 0 unspecified atom stereocenters. The highest BCUT2D eigenvalue weighted by Gasteiger charge is 2.36. The van der Waals surface area contributed by atoms with Gasteiger partial charge >= 0.3 is 0 Å². The van der Waals surface area contributed by atoms with Gasteiger partial charge in [-0.1, -0.05) is 0 Å². The van der Waals surface area contributed by atoms with Crippen LogP contribution in [-0.4, -0.2) is 51.7 Å². The lowest BCUT2D eigenvalue weighted by atomic mass is 10.2. The van der Waals surface area contributed by atoms with Crippen LogP contribution < -0.4 is 0 Å². The lowest BCUT2D eigenvalue weighted by Crippen LogP contribution is -2.38. The predicted octanol–water partition coefficient (Wildman–Crippen LogP) is 0.375. The molecule has 118 valence electrons. The van der Waals surface area contributed by atoms with Crippen molar-refractivity contribution in [3.8, 4) is 0 Å². The molecule has 1 aliphatic rings. The van der Waals surface area contributed by atoms with Gasteiger partial charge in [-0.2, -0.15) is 4.31 Å². The van der Waals surface area contributed by atoms with Crippen LogP contribution in [0.15, 0.2) is 28.0 Å². The summed E-state index contributed by atoms with van der Waals surface area (Å²) in [7, 11) is -7.82. The zero-order valence-electron chi connectivity index (χ0n) is 11.4. The Morgan fingerprint density at radius 3 is 2.57 bits per heavy atom. The quantitative estimate of drug-likeness (QED) is 0.802. The number of rotatable bonds is 4. The molecule has 1 aliphatic heterocycles. The van der Waals surface area contributed by atoms with Gasteiger partial charge in [0.15, 0.2) is 9.84 Å². The summed E-state index contributed by atoms with van der Waals surface area (Å²) in [5, 5.41) is 9.20. The molecule has 0 radical (unpaired) electrons. The Morgan fingerprint density at radius 2 is 2.00 bits per heavy atom. The first-order chi connectivity index (χ1) is 9.67. The van der Waals surface area contributed by atoms with E-state index in [4.69, 9.17) is 0 Å². The zero-order chi connectivity index (χ0) is 15.8. The van der Waals surface area contributed by atoms with E-state index in [9.17, 15) is 26.3 Å². The second-order valence-corrected chi connectivity index (χ2v) is 8.83. The molecule has 0 bridgehead atoms. The molecule has 0 amide bonds. The van der Waals surface area contributed by atoms with Crippen molar-refractivity contribution < 1.29 is 26.3 Å². The molecule has 1 aromatic carbocycles. The standard InChI is InChI=1S/C12H16FNO5S2/c1-20(16,17)10-4-5-11(13)12(7-10)21(18,19)14-6-2-3-9(14)8-15/h4-5,7,9,15H,2-3,6,8H2,1H3/t9-/m1/s1. The molecule has 1 aromatic rings. The van der Waals surface area contributed by atoms with Crippen molar-refractivity contribution in [3.63, 3.8) is 0 Å². The van der Waals surface area contributed by atoms with Crippen LogP contribution in [0.4, 0.5) is 4.39 Å². The molecular weight excluding hydrogens is 321 g/mol. The van der Waals surface area contributed by atoms with Gasteiger partial charge in [0.1, 0.15) is 10.7 Å². The van der Waals surface area contributed by atoms with Crippen LogP contribution in [0.25, 0.3) is 0 Å². The molecule has 1 fully saturated rings. The summed E-state index contributed by atoms with van der Waals surface area (Å²) >= 11 is 0. The fraction of sp³-hybridized carbons (Fsp3) is 0.500. The van der Waals surface area contributed by atoms with Gasteiger partial charge in [-0.05, 0) is 31.0 Å². The number of aliphatic hydroxyl groups is 1. The second-order valence-electron chi connectivity index (χ2n) is 4.96. The molecule has 6 nitrogen and oxygen atoms in total. The summed E-state index contributed by atoms with van der Waals surface area (Å²) in [5.41, 5.74) is 0. The van der Waals surface area contributed by atoms with Gasteiger partial charge in [0.25, 0.3) is 0 Å². The minimum Gasteiger partial charge on any atom is -0.395 e. The minimum absolute atomic E-state index is 0.177. The highest BCUT2D eigenvalue weighted by atomic mass is 32.2. The molecule has 0 aromatic heterocycles. The predicted molar refractivity (Wildman–Crippen MR) is 73.5 cm³/mol. The number of aliphatic hydroxyl groups excluding tert-OH is 1. The molecule has 1 atom stereocenters. The van der Waals surface area contributed by atoms with Gasteiger partial charge in [0, 0.05) is 18.8 Å². The van der Waals surface area contributed by atoms with E-state index in [0.29, 0.717) is 12.8 Å². The summed E-state index contributed by atoms with van der Waals surface area (Å²) in [4.78, 5) is -0.937. The Bertz CT molecular complexity index is 745. The van der Waals surface area contributed by atoms with Crippen LogP contribution in [-0.2, 0) is 19.9 Å². The lowest BCUT2D eigenvalue weighted by molar-refractivity contribution is 0.213. The highest BCUT2D eigenvalue weighted by Crippen LogP contribution is 2.28. The van der Waals surface area contributed by atoms with Gasteiger partial charge in [0.2, 0.25) is 10.0 Å². The molecule has 1 saturated heterocycles. The van der Waals surface area contributed by atoms with E-state index in [1.807, 2.05) is 0 Å². The summed E-state index contributed by atoms with van der Waals surface area (Å²) < 4.78 is 62.9. The maximum absolute atomic E-state index is 13.9. The number of nitrogens with zero attached hydrogens (tertiary/aromatic N) is 1. The Hall–Kier alpha value is -1.03. The van der Waals surface area contributed by atoms with Crippen LogP contribution >= 0.6 is 0 Å². The minimum atomic E-state index is -4.18. The molecule has 21 heavy (non-hydrogen) atoms. The van der Waals surface area contributed by atoms with Crippen molar-refractivity contribution in [2.24, 2.45) is 0 Å². The van der Waals surface area contributed by atoms with Gasteiger partial charge in [0.05, 0.1) is 11.5 Å². The molecular formula is C12H16FNO5S2. The highest BCUT2D eigenvalue weighted by molar-refractivity contribution is 7.91. The first-order valence-electron chi connectivity index (χ1n) is 6.30. The van der Waals surface area contributed by atoms with Crippen LogP contribution in [0.3, 0.4) is 0 Å². The number of hydrogen-bond acceptors (Lipinski definition) is 5. The van der Waals surface area contributed by atoms with Crippen LogP contribution in [0, 0.1) is 5.82 Å². The van der Waals surface area contributed by atoms with Crippen molar-refractivity contribution in [1.82, 2.24) is 4.31 Å². The third-order valence-electron chi connectivity index (χ3n) is 3.45. The number of halogens is 1. The fourth-order valence-electron chi connectivity index (χ4n) is 2.35. The summed E-state index contributed by atoms with van der Waals surface area (Å²) in [6.45, 7) is -0.178. The zero-order valence-corrected chi connectivity index (χ0v) is 13.0. The van der Waals surface area contributed by atoms with Crippen LogP contribution in [0.1, 0.15) is 12.8 Å². The van der Waals surface area contributed by atoms with Gasteiger partial charge in [-0.25, -0.2) is 21.2 Å². The summed E-state index contributed by atoms with van der Waals surface area (Å²) in [5.74, 6) is -1.01. The monoisotopic (exact) mass is 337 g/mol. The molecule has 2 rings (SSSR count). The van der Waals surface area contributed by atoms with Gasteiger partial charge in [-0.3, -0.25) is 0 Å². The SMILES string of the molecule is CS(=O)(=O)c1ccc(F)c(S(=O)(=O)N2CCC[C@@H]2CO)c1. The third kappa shape index (κ3) is 3.10. The molecule has 0 saturated carbocycles. The van der Waals surface area contributed by atoms with Crippen molar-refractivity contribution in [3.05, 3.63) is 24.0 Å². The summed E-state index contributed by atoms with van der Waals surface area (Å²) in [6.07, 6.45) is 1.98. The Balaban J connectivity index is 2.54. The maximum atomic E-state index is 13.9. The Labute approximate surface area is 123 Å². The fourth-order valence-corrected chi connectivity index (χ4v) is 4.85. The number of hydrogen-bond donors (Lipinski definition) is 1. The average molecular weight is 337 g/mol. The molecule has 1 heterocycles. The first kappa shape index (κ1) is 16.3. The van der Waals surface area contributed by atoms with E-state index in [1.54, 1.807) is 0 Å². The Morgan fingerprint density at radius 1 is 1.33 bits per heavy atom. The van der Waals surface area contributed by atoms with Crippen LogP contribution in [0.2, 0.25) is 0 Å². The third-order valence-corrected chi connectivity index (χ3v) is 6.53. The largest absolute Gasteiger partial charge is 0.395 e. The van der Waals surface area contributed by atoms with E-state index >= 15 is 0 Å². The first-order valence-corrected chi connectivity index (χ1v) is 9.63. The van der Waals surface area contributed by atoms with Gasteiger partial charge in [-0.15, -0.1) is 0 Å². The lowest BCUT2D eigenvalue weighted by Gasteiger charge is -2.22. The van der Waals surface area contributed by atoms with Crippen molar-refractivity contribution in [2.45, 2.75) is 28.7 Å². The van der Waals surface area contributed by atoms with Crippen LogP contribution in [0.5, 0.6) is 0 Å². The summed E-state index contributed by atoms with van der Waals surface area (Å²) in [6, 6.07) is 2.08. The molecule has 0 aliphatic carbocycles. The number of sulfonamides is 1. The number of benzene rings is 1. The Kier molecular flexibility index (Phi) is 4.39. The van der Waals surface area contributed by atoms with Crippen molar-refractivity contribution in [2.75, 3.05) is 19.4 Å². The van der Waals surface area contributed by atoms with Gasteiger partial charge < -0.3 is 5.11 Å². The average Bonchev–Trinajstić information content (AvgIpc) is 2.86. The van der Waals surface area contributed by atoms with E-state index in [2.05, 4.69) is 0 Å². The topological polar surface area (TPSA) is 91.8 Å². The molecule has 9 heteroatoms. The normalized spacial score (nSPS) is 20.8. The maximum Gasteiger partial charge on any atom is 0.246 e. The smallest absolute Gasteiger partial charge is 0.246 e. The number of sulfone groups is 1. The van der Waals surface area contributed by atoms with E-state index in [0.717, 1.165) is 28.8 Å².